The maximum Gasteiger partial charge on any atom is 0.341 e. The molecule has 1 atom stereocenters. The Labute approximate surface area is 177 Å². The number of hydrogen-bond acceptors (Lipinski definition) is 5. The van der Waals surface area contributed by atoms with Gasteiger partial charge in [-0.1, -0.05) is 38.1 Å². The van der Waals surface area contributed by atoms with Crippen LogP contribution in [0.5, 0.6) is 5.75 Å². The Balaban J connectivity index is 1.82. The Hall–Kier alpha value is -2.58. The molecule has 1 unspecified atom stereocenters. The monoisotopic (exact) mass is 433 g/mol. The van der Waals surface area contributed by atoms with Gasteiger partial charge in [-0.15, -0.1) is 0 Å². The van der Waals surface area contributed by atoms with Gasteiger partial charge in [-0.3, -0.25) is 4.31 Å². The molecular formula is C22H27NO6S. The van der Waals surface area contributed by atoms with Crippen molar-refractivity contribution in [2.24, 2.45) is 0 Å². The highest BCUT2D eigenvalue weighted by molar-refractivity contribution is 7.93. The van der Waals surface area contributed by atoms with Crippen LogP contribution in [-0.4, -0.2) is 49.6 Å². The van der Waals surface area contributed by atoms with Crippen molar-refractivity contribution in [2.45, 2.75) is 38.1 Å². The maximum absolute atomic E-state index is 12.7. The van der Waals surface area contributed by atoms with E-state index in [2.05, 4.69) is 0 Å². The van der Waals surface area contributed by atoms with E-state index in [1.807, 2.05) is 32.0 Å². The van der Waals surface area contributed by atoms with E-state index in [1.54, 1.807) is 30.3 Å². The molecule has 1 saturated heterocycles. The number of benzene rings is 2. The molecule has 7 nitrogen and oxygen atoms in total. The van der Waals surface area contributed by atoms with Crippen LogP contribution >= 0.6 is 0 Å². The molecule has 0 radical (unpaired) electrons. The first-order valence-electron chi connectivity index (χ1n) is 9.79. The van der Waals surface area contributed by atoms with Crippen LogP contribution < -0.4 is 9.04 Å². The van der Waals surface area contributed by atoms with Crippen molar-refractivity contribution in [3.63, 3.8) is 0 Å². The molecule has 0 spiro atoms. The fourth-order valence-corrected chi connectivity index (χ4v) is 5.46. The molecule has 8 heteroatoms. The molecule has 0 amide bonds. The molecule has 0 bridgehead atoms. The van der Waals surface area contributed by atoms with Gasteiger partial charge in [0.1, 0.15) is 5.75 Å². The standard InChI is InChI=1S/C22H27NO6S/c1-22(2,15-24)17-6-8-18(9-7-17)23-19(10-11-30(23,27)28)12-16-4-3-5-20(13-16)29-14-21(25)26/h3-9,13,19,24H,10-12,14-15H2,1-2H3,(H,25,26). The first-order chi connectivity index (χ1) is 14.1. The van der Waals surface area contributed by atoms with Crippen LogP contribution in [0.2, 0.25) is 0 Å². The van der Waals surface area contributed by atoms with Crippen LogP contribution in [0.4, 0.5) is 5.69 Å². The van der Waals surface area contributed by atoms with E-state index in [0.29, 0.717) is 24.3 Å². The highest BCUT2D eigenvalue weighted by Crippen LogP contribution is 2.33. The third-order valence-corrected chi connectivity index (χ3v) is 7.23. The second kappa shape index (κ2) is 8.65. The van der Waals surface area contributed by atoms with Gasteiger partial charge in [0.15, 0.2) is 6.61 Å². The van der Waals surface area contributed by atoms with Gasteiger partial charge < -0.3 is 14.9 Å². The van der Waals surface area contributed by atoms with Crippen molar-refractivity contribution in [2.75, 3.05) is 23.3 Å². The molecule has 3 rings (SSSR count). The molecule has 1 aliphatic heterocycles. The summed E-state index contributed by atoms with van der Waals surface area (Å²) in [5, 5.41) is 18.3. The molecule has 30 heavy (non-hydrogen) atoms. The fourth-order valence-electron chi connectivity index (χ4n) is 3.61. The molecule has 2 N–H and O–H groups in total. The van der Waals surface area contributed by atoms with E-state index in [4.69, 9.17) is 9.84 Å². The second-order valence-corrected chi connectivity index (χ2v) is 10.1. The van der Waals surface area contributed by atoms with Crippen molar-refractivity contribution in [1.82, 2.24) is 0 Å². The lowest BCUT2D eigenvalue weighted by Gasteiger charge is -2.27. The lowest BCUT2D eigenvalue weighted by molar-refractivity contribution is -0.139. The fraction of sp³-hybridized carbons (Fsp3) is 0.409. The van der Waals surface area contributed by atoms with Crippen LogP contribution in [0.25, 0.3) is 0 Å². The van der Waals surface area contributed by atoms with Crippen LogP contribution in [0, 0.1) is 0 Å². The van der Waals surface area contributed by atoms with Gasteiger partial charge in [-0.2, -0.15) is 0 Å². The number of rotatable bonds is 8. The minimum Gasteiger partial charge on any atom is -0.482 e. The minimum atomic E-state index is -3.42. The number of aliphatic carboxylic acids is 1. The van der Waals surface area contributed by atoms with Crippen molar-refractivity contribution in [3.05, 3.63) is 59.7 Å². The van der Waals surface area contributed by atoms with Crippen LogP contribution in [0.15, 0.2) is 48.5 Å². The lowest BCUT2D eigenvalue weighted by atomic mass is 9.85. The number of sulfonamides is 1. The number of nitrogens with zero attached hydrogens (tertiary/aromatic N) is 1. The average molecular weight is 434 g/mol. The van der Waals surface area contributed by atoms with E-state index >= 15 is 0 Å². The van der Waals surface area contributed by atoms with Crippen molar-refractivity contribution >= 4 is 21.7 Å². The Morgan fingerprint density at radius 1 is 1.20 bits per heavy atom. The molecule has 1 heterocycles. The van der Waals surface area contributed by atoms with E-state index in [-0.39, 0.29) is 18.4 Å². The molecule has 0 aliphatic carbocycles. The highest BCUT2D eigenvalue weighted by atomic mass is 32.2. The largest absolute Gasteiger partial charge is 0.482 e. The Morgan fingerprint density at radius 2 is 1.90 bits per heavy atom. The van der Waals surface area contributed by atoms with Gasteiger partial charge in [-0.25, -0.2) is 13.2 Å². The quantitative estimate of drug-likeness (QED) is 0.663. The predicted octanol–water partition coefficient (Wildman–Crippen LogP) is 2.57. The first kappa shape index (κ1) is 22.1. The zero-order valence-electron chi connectivity index (χ0n) is 17.1. The number of carbonyl (C=O) groups is 1. The molecule has 1 aliphatic rings. The van der Waals surface area contributed by atoms with Gasteiger partial charge in [0, 0.05) is 5.41 Å². The zero-order chi connectivity index (χ0) is 21.9. The second-order valence-electron chi connectivity index (χ2n) is 8.18. The van der Waals surface area contributed by atoms with Gasteiger partial charge >= 0.3 is 5.97 Å². The summed E-state index contributed by atoms with van der Waals surface area (Å²) < 4.78 is 32.2. The van der Waals surface area contributed by atoms with Gasteiger partial charge in [-0.05, 0) is 48.2 Å². The third kappa shape index (κ3) is 4.94. The molecule has 2 aromatic carbocycles. The summed E-state index contributed by atoms with van der Waals surface area (Å²) in [5.41, 5.74) is 2.01. The van der Waals surface area contributed by atoms with Crippen LogP contribution in [0.3, 0.4) is 0 Å². The normalized spacial score (nSPS) is 18.4. The number of ether oxygens (including phenoxy) is 1. The highest BCUT2D eigenvalue weighted by Gasteiger charge is 2.37. The maximum atomic E-state index is 12.7. The van der Waals surface area contributed by atoms with Crippen molar-refractivity contribution in [1.29, 1.82) is 0 Å². The number of aliphatic hydroxyl groups excluding tert-OH is 1. The van der Waals surface area contributed by atoms with Crippen molar-refractivity contribution < 1.29 is 28.2 Å². The number of aliphatic hydroxyl groups is 1. The van der Waals surface area contributed by atoms with Gasteiger partial charge in [0.2, 0.25) is 10.0 Å². The van der Waals surface area contributed by atoms with E-state index < -0.39 is 28.0 Å². The van der Waals surface area contributed by atoms with Crippen LogP contribution in [0.1, 0.15) is 31.4 Å². The summed E-state index contributed by atoms with van der Waals surface area (Å²) in [5.74, 6) is -0.532. The van der Waals surface area contributed by atoms with E-state index in [1.165, 1.54) is 4.31 Å². The molecule has 1 fully saturated rings. The Morgan fingerprint density at radius 3 is 2.53 bits per heavy atom. The number of hydrogen-bond donors (Lipinski definition) is 2. The summed E-state index contributed by atoms with van der Waals surface area (Å²) in [4.78, 5) is 10.7. The molecule has 0 saturated carbocycles. The smallest absolute Gasteiger partial charge is 0.341 e. The molecule has 0 aromatic heterocycles. The third-order valence-electron chi connectivity index (χ3n) is 5.37. The topological polar surface area (TPSA) is 104 Å². The number of carboxylic acids is 1. The van der Waals surface area contributed by atoms with E-state index in [9.17, 15) is 18.3 Å². The summed E-state index contributed by atoms with van der Waals surface area (Å²) in [6, 6.07) is 14.1. The summed E-state index contributed by atoms with van der Waals surface area (Å²) in [6.07, 6.45) is 1.000. The van der Waals surface area contributed by atoms with Gasteiger partial charge in [0.25, 0.3) is 0 Å². The Bertz CT molecular complexity index is 1000. The molecular weight excluding hydrogens is 406 g/mol. The van der Waals surface area contributed by atoms with E-state index in [0.717, 1.165) is 11.1 Å². The number of anilines is 1. The predicted molar refractivity (Wildman–Crippen MR) is 115 cm³/mol. The molecule has 162 valence electrons. The van der Waals surface area contributed by atoms with Crippen LogP contribution in [-0.2, 0) is 26.7 Å². The van der Waals surface area contributed by atoms with Crippen molar-refractivity contribution in [3.8, 4) is 5.75 Å². The summed E-state index contributed by atoms with van der Waals surface area (Å²) in [6.45, 7) is 3.43. The minimum absolute atomic E-state index is 0.00270. The molecule has 2 aromatic rings. The Kier molecular flexibility index (Phi) is 6.38. The average Bonchev–Trinajstić information content (AvgIpc) is 3.00. The SMILES string of the molecule is CC(C)(CO)c1ccc(N2C(Cc3cccc(OCC(=O)O)c3)CCS2(=O)=O)cc1. The number of carboxylic acid groups (broad SMARTS) is 1. The summed E-state index contributed by atoms with van der Waals surface area (Å²) >= 11 is 0. The first-order valence-corrected chi connectivity index (χ1v) is 11.4. The summed E-state index contributed by atoms with van der Waals surface area (Å²) in [7, 11) is -3.42. The zero-order valence-corrected chi connectivity index (χ0v) is 17.9. The lowest BCUT2D eigenvalue weighted by Crippen LogP contribution is -2.34. The van der Waals surface area contributed by atoms with Gasteiger partial charge in [0.05, 0.1) is 24.1 Å².